The number of carbonyl (C=O) groups is 2. The van der Waals surface area contributed by atoms with Crippen molar-refractivity contribution in [3.63, 3.8) is 0 Å². The van der Waals surface area contributed by atoms with Gasteiger partial charge in [-0.1, -0.05) is 29.8 Å². The molecule has 0 bridgehead atoms. The van der Waals surface area contributed by atoms with Crippen LogP contribution in [-0.4, -0.2) is 37.7 Å². The summed E-state index contributed by atoms with van der Waals surface area (Å²) in [4.78, 5) is 29.1. The van der Waals surface area contributed by atoms with Crippen LogP contribution in [0.5, 0.6) is 0 Å². The highest BCUT2D eigenvalue weighted by atomic mass is 35.5. The van der Waals surface area contributed by atoms with Crippen molar-refractivity contribution in [2.75, 3.05) is 29.9 Å². The predicted octanol–water partition coefficient (Wildman–Crippen LogP) is 4.85. The Morgan fingerprint density at radius 2 is 1.80 bits per heavy atom. The Bertz CT molecular complexity index is 940. The van der Waals surface area contributed by atoms with E-state index in [1.165, 1.54) is 0 Å². The first kappa shape index (κ1) is 22.0. The lowest BCUT2D eigenvalue weighted by Crippen LogP contribution is -2.32. The second-order valence-electron chi connectivity index (χ2n) is 8.38. The van der Waals surface area contributed by atoms with Crippen molar-refractivity contribution in [3.8, 4) is 0 Å². The number of carbonyl (C=O) groups excluding carboxylic acids is 2. The fraction of sp³-hybridized carbons (Fsp3) is 0.391. The van der Waals surface area contributed by atoms with Crippen LogP contribution in [0.25, 0.3) is 0 Å². The highest BCUT2D eigenvalue weighted by molar-refractivity contribution is 6.31. The van der Waals surface area contributed by atoms with Crippen LogP contribution in [0.15, 0.2) is 42.5 Å². The van der Waals surface area contributed by atoms with Crippen LogP contribution in [-0.2, 0) is 11.3 Å². The number of anilines is 2. The first-order valence-electron chi connectivity index (χ1n) is 10.0. The van der Waals surface area contributed by atoms with Crippen molar-refractivity contribution >= 4 is 35.0 Å². The molecule has 1 N–H and O–H groups in total. The zero-order chi connectivity index (χ0) is 21.9. The number of nitrogens with one attached hydrogen (secondary N) is 1. The molecule has 0 atom stereocenters. The SMILES string of the molecule is CN1CCCN(C(=O)c2ccc(CNC(=O)OC(C)(C)C)c(Cl)c2)c2ccccc21. The molecule has 0 aliphatic carbocycles. The van der Waals surface area contributed by atoms with Gasteiger partial charge in [0.05, 0.1) is 11.4 Å². The lowest BCUT2D eigenvalue weighted by Gasteiger charge is -2.24. The van der Waals surface area contributed by atoms with Crippen LogP contribution in [0.1, 0.15) is 43.1 Å². The maximum absolute atomic E-state index is 13.3. The van der Waals surface area contributed by atoms with E-state index in [1.807, 2.05) is 36.2 Å². The van der Waals surface area contributed by atoms with Crippen molar-refractivity contribution in [2.45, 2.75) is 39.3 Å². The predicted molar refractivity (Wildman–Crippen MR) is 121 cm³/mol. The zero-order valence-corrected chi connectivity index (χ0v) is 18.6. The second kappa shape index (κ2) is 8.96. The summed E-state index contributed by atoms with van der Waals surface area (Å²) in [5.41, 5.74) is 2.60. The summed E-state index contributed by atoms with van der Waals surface area (Å²) in [5, 5.41) is 3.12. The van der Waals surface area contributed by atoms with Gasteiger partial charge in [0.25, 0.3) is 5.91 Å². The number of alkyl carbamates (subject to hydrolysis) is 1. The molecule has 0 saturated heterocycles. The van der Waals surface area contributed by atoms with E-state index in [1.54, 1.807) is 39.0 Å². The van der Waals surface area contributed by atoms with E-state index < -0.39 is 11.7 Å². The Kier molecular flexibility index (Phi) is 6.56. The van der Waals surface area contributed by atoms with Crippen LogP contribution in [0.2, 0.25) is 5.02 Å². The number of halogens is 1. The largest absolute Gasteiger partial charge is 0.444 e. The molecule has 160 valence electrons. The maximum atomic E-state index is 13.3. The fourth-order valence-electron chi connectivity index (χ4n) is 3.39. The number of hydrogen-bond acceptors (Lipinski definition) is 4. The minimum absolute atomic E-state index is 0.0914. The quantitative estimate of drug-likeness (QED) is 0.757. The molecule has 2 aromatic rings. The molecular formula is C23H28ClN3O3. The minimum Gasteiger partial charge on any atom is -0.444 e. The number of fused-ring (bicyclic) bond motifs is 1. The number of rotatable bonds is 3. The van der Waals surface area contributed by atoms with Crippen molar-refractivity contribution in [1.29, 1.82) is 0 Å². The molecule has 2 aromatic carbocycles. The molecule has 3 rings (SSSR count). The van der Waals surface area contributed by atoms with Crippen molar-refractivity contribution in [1.82, 2.24) is 5.32 Å². The van der Waals surface area contributed by atoms with Gasteiger partial charge >= 0.3 is 6.09 Å². The fourth-order valence-corrected chi connectivity index (χ4v) is 3.64. The molecule has 0 fully saturated rings. The van der Waals surface area contributed by atoms with E-state index in [2.05, 4.69) is 10.2 Å². The molecule has 2 amide bonds. The Morgan fingerprint density at radius 3 is 2.47 bits per heavy atom. The van der Waals surface area contributed by atoms with Gasteiger partial charge in [0.2, 0.25) is 0 Å². The molecule has 0 saturated carbocycles. The van der Waals surface area contributed by atoms with Gasteiger partial charge in [0, 0.05) is 37.3 Å². The Morgan fingerprint density at radius 1 is 1.10 bits per heavy atom. The van der Waals surface area contributed by atoms with Gasteiger partial charge in [0.1, 0.15) is 5.60 Å². The number of amides is 2. The van der Waals surface area contributed by atoms with Crippen molar-refractivity contribution in [3.05, 3.63) is 58.6 Å². The van der Waals surface area contributed by atoms with Gasteiger partial charge in [0.15, 0.2) is 0 Å². The van der Waals surface area contributed by atoms with Crippen molar-refractivity contribution in [2.24, 2.45) is 0 Å². The second-order valence-corrected chi connectivity index (χ2v) is 8.79. The standard InChI is InChI=1S/C23H28ClN3O3/c1-23(2,3)30-22(29)25-15-17-11-10-16(14-18(17)24)21(28)27-13-7-12-26(4)19-8-5-6-9-20(19)27/h5-6,8-11,14H,7,12-13,15H2,1-4H3,(H,25,29). The maximum Gasteiger partial charge on any atom is 0.407 e. The van der Waals surface area contributed by atoms with Gasteiger partial charge in [-0.05, 0) is 57.0 Å². The summed E-state index contributed by atoms with van der Waals surface area (Å²) < 4.78 is 5.24. The van der Waals surface area contributed by atoms with Crippen LogP contribution >= 0.6 is 11.6 Å². The van der Waals surface area contributed by atoms with E-state index in [0.29, 0.717) is 17.1 Å². The average molecular weight is 430 g/mol. The molecule has 0 spiro atoms. The van der Waals surface area contributed by atoms with Gasteiger partial charge in [-0.25, -0.2) is 4.79 Å². The van der Waals surface area contributed by atoms with E-state index in [-0.39, 0.29) is 12.5 Å². The zero-order valence-electron chi connectivity index (χ0n) is 17.9. The van der Waals surface area contributed by atoms with Gasteiger partial charge in [-0.15, -0.1) is 0 Å². The van der Waals surface area contributed by atoms with Crippen LogP contribution in [0.4, 0.5) is 16.2 Å². The van der Waals surface area contributed by atoms with E-state index >= 15 is 0 Å². The van der Waals surface area contributed by atoms with E-state index in [0.717, 1.165) is 29.9 Å². The normalized spacial score (nSPS) is 14.0. The summed E-state index contributed by atoms with van der Waals surface area (Å²) in [6, 6.07) is 13.1. The van der Waals surface area contributed by atoms with Gasteiger partial charge in [-0.3, -0.25) is 4.79 Å². The lowest BCUT2D eigenvalue weighted by atomic mass is 10.1. The third kappa shape index (κ3) is 5.25. The first-order valence-corrected chi connectivity index (χ1v) is 10.4. The smallest absolute Gasteiger partial charge is 0.407 e. The van der Waals surface area contributed by atoms with E-state index in [4.69, 9.17) is 16.3 Å². The molecule has 0 aromatic heterocycles. The lowest BCUT2D eigenvalue weighted by molar-refractivity contribution is 0.0523. The molecule has 1 aliphatic rings. The van der Waals surface area contributed by atoms with Gasteiger partial charge in [-0.2, -0.15) is 0 Å². The molecule has 6 nitrogen and oxygen atoms in total. The summed E-state index contributed by atoms with van der Waals surface area (Å²) >= 11 is 6.41. The number of benzene rings is 2. The monoisotopic (exact) mass is 429 g/mol. The highest BCUT2D eigenvalue weighted by Crippen LogP contribution is 2.32. The topological polar surface area (TPSA) is 61.9 Å². The average Bonchev–Trinajstić information content (AvgIpc) is 2.84. The molecular weight excluding hydrogens is 402 g/mol. The number of nitrogens with zero attached hydrogens (tertiary/aromatic N) is 2. The van der Waals surface area contributed by atoms with E-state index in [9.17, 15) is 9.59 Å². The highest BCUT2D eigenvalue weighted by Gasteiger charge is 2.24. The molecule has 0 unspecified atom stereocenters. The molecule has 0 radical (unpaired) electrons. The number of hydrogen-bond donors (Lipinski definition) is 1. The Labute approximate surface area is 182 Å². The first-order chi connectivity index (χ1) is 14.2. The third-order valence-corrected chi connectivity index (χ3v) is 5.18. The Hall–Kier alpha value is -2.73. The third-order valence-electron chi connectivity index (χ3n) is 4.83. The molecule has 1 aliphatic heterocycles. The molecule has 7 heteroatoms. The summed E-state index contributed by atoms with van der Waals surface area (Å²) in [5.74, 6) is -0.0914. The van der Waals surface area contributed by atoms with Crippen LogP contribution < -0.4 is 15.1 Å². The molecule has 1 heterocycles. The van der Waals surface area contributed by atoms with Crippen LogP contribution in [0.3, 0.4) is 0 Å². The van der Waals surface area contributed by atoms with Gasteiger partial charge < -0.3 is 19.9 Å². The number of ether oxygens (including phenoxy) is 1. The number of para-hydroxylation sites is 2. The summed E-state index contributed by atoms with van der Waals surface area (Å²) in [6.45, 7) is 7.16. The summed E-state index contributed by atoms with van der Waals surface area (Å²) in [6.07, 6.45) is 0.367. The van der Waals surface area contributed by atoms with Crippen molar-refractivity contribution < 1.29 is 14.3 Å². The van der Waals surface area contributed by atoms with Crippen LogP contribution in [0, 0.1) is 0 Å². The summed E-state index contributed by atoms with van der Waals surface area (Å²) in [7, 11) is 2.04. The molecule has 30 heavy (non-hydrogen) atoms. The minimum atomic E-state index is -0.568. The Balaban J connectivity index is 1.75.